The first-order valence-corrected chi connectivity index (χ1v) is 1.82. The van der Waals surface area contributed by atoms with Gasteiger partial charge in [0.15, 0.2) is 0 Å². The zero-order valence-corrected chi connectivity index (χ0v) is 4.86. The summed E-state index contributed by atoms with van der Waals surface area (Å²) in [6.07, 6.45) is 0. The zero-order chi connectivity index (χ0) is 6.28. The third-order valence-electron chi connectivity index (χ3n) is 0.447. The summed E-state index contributed by atoms with van der Waals surface area (Å²) < 4.78 is 7.50. The minimum atomic E-state index is 1.88. The molecule has 0 unspecified atom stereocenters. The number of hydrogen-bond donors (Lipinski definition) is 1. The van der Waals surface area contributed by atoms with Crippen molar-refractivity contribution in [3.8, 4) is 0 Å². The molecule has 3 nitrogen and oxygen atoms in total. The Labute approximate surface area is 44.0 Å². The number of nitrogens with zero attached hydrogens (tertiary/aromatic N) is 1. The third kappa shape index (κ3) is 27.5. The molecule has 0 amide bonds. The molecule has 3 heteroatoms. The quantitative estimate of drug-likeness (QED) is 0.279. The monoisotopic (exact) mass is 102 g/mol. The second-order valence-electron chi connectivity index (χ2n) is 1.12. The van der Waals surface area contributed by atoms with E-state index < -0.39 is 0 Å². The summed E-state index contributed by atoms with van der Waals surface area (Å²) in [5.74, 6) is 0. The Morgan fingerprint density at radius 2 is 1.57 bits per heavy atom. The molecular weight excluding hydrogens is 92.1 g/mol. The average Bonchev–Trinajstić information content (AvgIpc) is 1.73. The van der Waals surface area contributed by atoms with Crippen LogP contribution in [0, 0.1) is 6.65 Å². The van der Waals surface area contributed by atoms with Crippen LogP contribution in [-0.2, 0) is 4.65 Å². The van der Waals surface area contributed by atoms with Crippen molar-refractivity contribution in [3.05, 3.63) is 6.65 Å². The van der Waals surface area contributed by atoms with E-state index in [2.05, 4.69) is 12.1 Å². The van der Waals surface area contributed by atoms with Gasteiger partial charge in [0.25, 0.3) is 0 Å². The summed E-state index contributed by atoms with van der Waals surface area (Å²) in [4.78, 5) is 0. The van der Waals surface area contributed by atoms with E-state index in [0.29, 0.717) is 0 Å². The molecule has 0 atom stereocenters. The van der Waals surface area contributed by atoms with E-state index in [9.17, 15) is 0 Å². The molecule has 0 saturated carbocycles. The number of rotatable bonds is 1. The van der Waals surface area contributed by atoms with Crippen LogP contribution in [0.5, 0.6) is 0 Å². The minimum absolute atomic E-state index is 1.88. The van der Waals surface area contributed by atoms with E-state index in [1.54, 1.807) is 0 Å². The molecule has 0 spiro atoms. The van der Waals surface area contributed by atoms with Crippen LogP contribution in [0.2, 0.25) is 0 Å². The van der Waals surface area contributed by atoms with Crippen LogP contribution in [0.1, 0.15) is 0 Å². The molecule has 0 rings (SSSR count). The van der Waals surface area contributed by atoms with E-state index >= 15 is 0 Å². The van der Waals surface area contributed by atoms with E-state index in [-0.39, 0.29) is 0 Å². The summed E-state index contributed by atoms with van der Waals surface area (Å²) in [5, 5.41) is 1.88. The van der Waals surface area contributed by atoms with Crippen LogP contribution >= 0.6 is 0 Å². The molecule has 0 aromatic rings. The molecule has 0 aliphatic carbocycles. The fourth-order valence-corrected chi connectivity index (χ4v) is 0. The molecule has 0 radical (unpaired) electrons. The molecule has 0 aliphatic heterocycles. The standard InChI is InChI=1S/C3H10N2.CO/c1-4-5(2)3;1-2/h4H,1-3H3;. The Morgan fingerprint density at radius 3 is 1.57 bits per heavy atom. The van der Waals surface area contributed by atoms with Crippen LogP contribution in [0.25, 0.3) is 0 Å². The van der Waals surface area contributed by atoms with Gasteiger partial charge in [0.2, 0.25) is 0 Å². The van der Waals surface area contributed by atoms with Crippen molar-refractivity contribution < 1.29 is 4.65 Å². The molecule has 7 heavy (non-hydrogen) atoms. The molecule has 0 bridgehead atoms. The summed E-state index contributed by atoms with van der Waals surface area (Å²) in [6.45, 7) is 4.50. The molecule has 0 aliphatic rings. The summed E-state index contributed by atoms with van der Waals surface area (Å²) >= 11 is 0. The fourth-order valence-electron chi connectivity index (χ4n) is 0. The molecule has 0 fully saturated rings. The van der Waals surface area contributed by atoms with Crippen LogP contribution in [0.4, 0.5) is 0 Å². The van der Waals surface area contributed by atoms with Crippen molar-refractivity contribution in [2.24, 2.45) is 0 Å². The summed E-state index contributed by atoms with van der Waals surface area (Å²) in [6, 6.07) is 0. The molecule has 42 valence electrons. The van der Waals surface area contributed by atoms with Gasteiger partial charge in [-0.25, -0.2) is 0 Å². The Balaban J connectivity index is 0. The van der Waals surface area contributed by atoms with E-state index in [0.717, 1.165) is 0 Å². The van der Waals surface area contributed by atoms with Crippen LogP contribution in [-0.4, -0.2) is 26.2 Å². The van der Waals surface area contributed by atoms with Gasteiger partial charge in [-0.2, -0.15) is 0 Å². The maximum atomic E-state index is 7.50. The van der Waals surface area contributed by atoms with Gasteiger partial charge in [-0.1, -0.05) is 0 Å². The van der Waals surface area contributed by atoms with Gasteiger partial charge in [0.1, 0.15) is 0 Å². The molecule has 0 aromatic carbocycles. The first-order chi connectivity index (χ1) is 3.27. The molecule has 1 N–H and O–H groups in total. The van der Waals surface area contributed by atoms with Crippen molar-refractivity contribution >= 4 is 0 Å². The van der Waals surface area contributed by atoms with Gasteiger partial charge >= 0.3 is 11.3 Å². The van der Waals surface area contributed by atoms with E-state index in [1.807, 2.05) is 26.2 Å². The van der Waals surface area contributed by atoms with Crippen LogP contribution in [0.3, 0.4) is 0 Å². The maximum absolute atomic E-state index is 7.50. The van der Waals surface area contributed by atoms with E-state index in [1.165, 1.54) is 0 Å². The van der Waals surface area contributed by atoms with Gasteiger partial charge in [-0.05, 0) is 7.05 Å². The predicted octanol–water partition coefficient (Wildman–Crippen LogP) is -0.355. The van der Waals surface area contributed by atoms with Crippen molar-refractivity contribution in [1.29, 1.82) is 0 Å². The zero-order valence-electron chi connectivity index (χ0n) is 4.86. The summed E-state index contributed by atoms with van der Waals surface area (Å²) in [5.41, 5.74) is 2.86. The third-order valence-corrected chi connectivity index (χ3v) is 0.447. The SMILES string of the molecule is CNN(C)C.[C-]#[O+]. The fraction of sp³-hybridized carbons (Fsp3) is 0.750. The topological polar surface area (TPSA) is 35.2 Å². The average molecular weight is 102 g/mol. The Hall–Kier alpha value is -0.340. The van der Waals surface area contributed by atoms with Gasteiger partial charge in [0.05, 0.1) is 0 Å². The normalized spacial score (nSPS) is 7.14. The number of nitrogens with one attached hydrogen (secondary N) is 1. The Kier molecular flexibility index (Phi) is 12.9. The Bertz CT molecular complexity index is 42.2. The van der Waals surface area contributed by atoms with Gasteiger partial charge < -0.3 is 0 Å². The second-order valence-corrected chi connectivity index (χ2v) is 1.12. The van der Waals surface area contributed by atoms with E-state index in [4.69, 9.17) is 4.65 Å². The first kappa shape index (κ1) is 9.83. The second kappa shape index (κ2) is 9.18. The molecule has 0 heterocycles. The first-order valence-electron chi connectivity index (χ1n) is 1.82. The van der Waals surface area contributed by atoms with Gasteiger partial charge in [0, 0.05) is 14.1 Å². The van der Waals surface area contributed by atoms with Gasteiger partial charge in [-0.15, -0.1) is 0 Å². The van der Waals surface area contributed by atoms with Crippen LogP contribution in [0.15, 0.2) is 0 Å². The van der Waals surface area contributed by atoms with Crippen molar-refractivity contribution in [1.82, 2.24) is 10.4 Å². The van der Waals surface area contributed by atoms with Crippen molar-refractivity contribution in [3.63, 3.8) is 0 Å². The van der Waals surface area contributed by atoms with Crippen molar-refractivity contribution in [2.45, 2.75) is 0 Å². The van der Waals surface area contributed by atoms with Gasteiger partial charge in [-0.3, -0.25) is 10.4 Å². The Morgan fingerprint density at radius 1 is 1.43 bits per heavy atom. The summed E-state index contributed by atoms with van der Waals surface area (Å²) in [7, 11) is 5.76. The number of hydrogen-bond acceptors (Lipinski definition) is 2. The number of hydrazine groups is 1. The molecular formula is C4H10N2O. The predicted molar refractivity (Wildman–Crippen MR) is 26.7 cm³/mol. The molecule has 0 aromatic heterocycles. The van der Waals surface area contributed by atoms with Crippen LogP contribution < -0.4 is 5.43 Å². The molecule has 0 saturated heterocycles. The van der Waals surface area contributed by atoms with Crippen molar-refractivity contribution in [2.75, 3.05) is 21.1 Å².